The van der Waals surface area contributed by atoms with Gasteiger partial charge in [0.15, 0.2) is 5.82 Å². The smallest absolute Gasteiger partial charge is 0.258 e. The molecule has 0 saturated heterocycles. The average molecular weight is 374 g/mol. The van der Waals surface area contributed by atoms with Crippen LogP contribution in [0.3, 0.4) is 0 Å². The minimum Gasteiger partial charge on any atom is -0.366 e. The molecule has 7 nitrogen and oxygen atoms in total. The lowest BCUT2D eigenvalue weighted by atomic mass is 10.1. The molecule has 0 unspecified atom stereocenters. The van der Waals surface area contributed by atoms with Crippen LogP contribution in [0.25, 0.3) is 11.5 Å². The number of nitrogens with zero attached hydrogens (tertiary/aromatic N) is 5. The van der Waals surface area contributed by atoms with Crippen LogP contribution in [-0.2, 0) is 13.1 Å². The van der Waals surface area contributed by atoms with Gasteiger partial charge in [-0.15, -0.1) is 0 Å². The molecule has 1 aromatic carbocycles. The summed E-state index contributed by atoms with van der Waals surface area (Å²) in [6.07, 6.45) is 7.31. The first-order valence-electron chi connectivity index (χ1n) is 9.25. The number of benzene rings is 1. The van der Waals surface area contributed by atoms with E-state index in [1.54, 1.807) is 12.4 Å². The van der Waals surface area contributed by atoms with E-state index >= 15 is 0 Å². The first kappa shape index (κ1) is 17.9. The molecule has 0 saturated carbocycles. The summed E-state index contributed by atoms with van der Waals surface area (Å²) >= 11 is 0. The van der Waals surface area contributed by atoms with Gasteiger partial charge in [-0.3, -0.25) is 0 Å². The highest BCUT2D eigenvalue weighted by Gasteiger charge is 2.12. The van der Waals surface area contributed by atoms with E-state index in [2.05, 4.69) is 49.7 Å². The van der Waals surface area contributed by atoms with Gasteiger partial charge in [0.1, 0.15) is 5.82 Å². The summed E-state index contributed by atoms with van der Waals surface area (Å²) in [7, 11) is 0. The second-order valence-electron chi connectivity index (χ2n) is 6.95. The Morgan fingerprint density at radius 1 is 1.07 bits per heavy atom. The predicted molar refractivity (Wildman–Crippen MR) is 107 cm³/mol. The van der Waals surface area contributed by atoms with Crippen LogP contribution in [0.5, 0.6) is 0 Å². The molecule has 4 rings (SSSR count). The summed E-state index contributed by atoms with van der Waals surface area (Å²) in [5.74, 6) is 2.22. The summed E-state index contributed by atoms with van der Waals surface area (Å²) in [4.78, 5) is 12.9. The summed E-state index contributed by atoms with van der Waals surface area (Å²) in [5.41, 5.74) is 3.27. The van der Waals surface area contributed by atoms with Gasteiger partial charge in [-0.1, -0.05) is 43.3 Å². The number of rotatable bonds is 7. The van der Waals surface area contributed by atoms with Crippen molar-refractivity contribution in [2.24, 2.45) is 0 Å². The third kappa shape index (κ3) is 4.25. The molecule has 7 heteroatoms. The molecule has 0 aliphatic rings. The minimum absolute atomic E-state index is 0.230. The molecule has 3 aromatic heterocycles. The molecule has 3 heterocycles. The van der Waals surface area contributed by atoms with Crippen molar-refractivity contribution in [3.8, 4) is 11.5 Å². The minimum atomic E-state index is 0.230. The fourth-order valence-corrected chi connectivity index (χ4v) is 2.79. The Kier molecular flexibility index (Phi) is 5.14. The maximum atomic E-state index is 5.36. The van der Waals surface area contributed by atoms with Gasteiger partial charge in [0.05, 0.1) is 6.33 Å². The van der Waals surface area contributed by atoms with Gasteiger partial charge in [-0.25, -0.2) is 9.97 Å². The predicted octanol–water partition coefficient (Wildman–Crippen LogP) is 4.11. The zero-order chi connectivity index (χ0) is 19.3. The number of pyridine rings is 1. The normalized spacial score (nSPS) is 11.1. The Hall–Kier alpha value is -3.48. The highest BCUT2D eigenvalue weighted by molar-refractivity contribution is 5.58. The Bertz CT molecular complexity index is 1020. The van der Waals surface area contributed by atoms with Crippen molar-refractivity contribution >= 4 is 5.82 Å². The van der Waals surface area contributed by atoms with Crippen molar-refractivity contribution in [3.05, 3.63) is 78.3 Å². The summed E-state index contributed by atoms with van der Waals surface area (Å²) in [6.45, 7) is 5.58. The molecule has 28 heavy (non-hydrogen) atoms. The average Bonchev–Trinajstić information content (AvgIpc) is 3.40. The number of hydrogen-bond donors (Lipinski definition) is 1. The van der Waals surface area contributed by atoms with Crippen LogP contribution in [0, 0.1) is 0 Å². The van der Waals surface area contributed by atoms with Crippen LogP contribution in [0.15, 0.2) is 65.8 Å². The molecule has 4 aromatic rings. The van der Waals surface area contributed by atoms with Crippen LogP contribution in [0.2, 0.25) is 0 Å². The van der Waals surface area contributed by atoms with E-state index in [0.29, 0.717) is 18.3 Å². The molecular weight excluding hydrogens is 352 g/mol. The number of hydrogen-bond acceptors (Lipinski definition) is 6. The lowest BCUT2D eigenvalue weighted by Crippen LogP contribution is -2.02. The van der Waals surface area contributed by atoms with Crippen LogP contribution < -0.4 is 5.32 Å². The second-order valence-corrected chi connectivity index (χ2v) is 6.95. The monoisotopic (exact) mass is 374 g/mol. The quantitative estimate of drug-likeness (QED) is 0.524. The maximum absolute atomic E-state index is 5.36. The highest BCUT2D eigenvalue weighted by atomic mass is 16.5. The van der Waals surface area contributed by atoms with E-state index in [1.165, 1.54) is 11.1 Å². The van der Waals surface area contributed by atoms with Crippen LogP contribution >= 0.6 is 0 Å². The fourth-order valence-electron chi connectivity index (χ4n) is 2.79. The van der Waals surface area contributed by atoms with E-state index in [-0.39, 0.29) is 5.92 Å². The van der Waals surface area contributed by atoms with E-state index < -0.39 is 0 Å². The largest absolute Gasteiger partial charge is 0.366 e. The second kappa shape index (κ2) is 8.04. The van der Waals surface area contributed by atoms with Crippen LogP contribution in [0.1, 0.15) is 36.7 Å². The van der Waals surface area contributed by atoms with Crippen LogP contribution in [-0.4, -0.2) is 24.7 Å². The third-order valence-electron chi connectivity index (χ3n) is 4.39. The molecule has 0 atom stereocenters. The van der Waals surface area contributed by atoms with Crippen molar-refractivity contribution in [1.82, 2.24) is 24.7 Å². The summed E-state index contributed by atoms with van der Waals surface area (Å²) in [6, 6.07) is 12.3. The van der Waals surface area contributed by atoms with E-state index in [0.717, 1.165) is 17.9 Å². The lowest BCUT2D eigenvalue weighted by Gasteiger charge is -2.08. The van der Waals surface area contributed by atoms with Gasteiger partial charge in [0, 0.05) is 43.2 Å². The summed E-state index contributed by atoms with van der Waals surface area (Å²) in [5, 5.41) is 7.37. The Labute approximate surface area is 163 Å². The Morgan fingerprint density at radius 3 is 2.61 bits per heavy atom. The number of imidazole rings is 1. The Balaban J connectivity index is 1.39. The zero-order valence-corrected chi connectivity index (χ0v) is 15.9. The van der Waals surface area contributed by atoms with Gasteiger partial charge in [0.2, 0.25) is 0 Å². The SMILES string of the molecule is CC(C)c1noc(-c2ccnc(NCc3ccc(Cn4ccnc4)cc3)c2)n1. The number of aromatic nitrogens is 5. The summed E-state index contributed by atoms with van der Waals surface area (Å²) < 4.78 is 7.41. The van der Waals surface area contributed by atoms with E-state index in [9.17, 15) is 0 Å². The maximum Gasteiger partial charge on any atom is 0.258 e. The van der Waals surface area contributed by atoms with Crippen molar-refractivity contribution in [2.45, 2.75) is 32.9 Å². The molecule has 0 amide bonds. The van der Waals surface area contributed by atoms with E-state index in [1.807, 2.05) is 43.1 Å². The van der Waals surface area contributed by atoms with Gasteiger partial charge in [-0.2, -0.15) is 4.98 Å². The topological polar surface area (TPSA) is 81.7 Å². The van der Waals surface area contributed by atoms with Crippen LogP contribution in [0.4, 0.5) is 5.82 Å². The van der Waals surface area contributed by atoms with E-state index in [4.69, 9.17) is 4.52 Å². The first-order valence-corrected chi connectivity index (χ1v) is 9.25. The standard InChI is InChI=1S/C21H22N6O/c1-15(2)20-25-21(28-26-20)18-7-8-23-19(11-18)24-12-16-3-5-17(6-4-16)13-27-10-9-22-14-27/h3-11,14-15H,12-13H2,1-2H3,(H,23,24). The molecule has 0 spiro atoms. The zero-order valence-electron chi connectivity index (χ0n) is 15.9. The highest BCUT2D eigenvalue weighted by Crippen LogP contribution is 2.22. The molecule has 0 fully saturated rings. The van der Waals surface area contributed by atoms with Gasteiger partial charge < -0.3 is 14.4 Å². The van der Waals surface area contributed by atoms with Crippen molar-refractivity contribution in [2.75, 3.05) is 5.32 Å². The molecule has 0 aliphatic heterocycles. The Morgan fingerprint density at radius 2 is 1.89 bits per heavy atom. The first-order chi connectivity index (χ1) is 13.7. The molecule has 142 valence electrons. The third-order valence-corrected chi connectivity index (χ3v) is 4.39. The van der Waals surface area contributed by atoms with Crippen molar-refractivity contribution < 1.29 is 4.52 Å². The number of anilines is 1. The lowest BCUT2D eigenvalue weighted by molar-refractivity contribution is 0.419. The van der Waals surface area contributed by atoms with Crippen molar-refractivity contribution in [1.29, 1.82) is 0 Å². The van der Waals surface area contributed by atoms with Gasteiger partial charge >= 0.3 is 0 Å². The van der Waals surface area contributed by atoms with Crippen molar-refractivity contribution in [3.63, 3.8) is 0 Å². The molecule has 0 bridgehead atoms. The van der Waals surface area contributed by atoms with Gasteiger partial charge in [-0.05, 0) is 23.3 Å². The molecule has 1 N–H and O–H groups in total. The molecular formula is C21H22N6O. The fraction of sp³-hybridized carbons (Fsp3) is 0.238. The number of nitrogens with one attached hydrogen (secondary N) is 1. The molecule has 0 aliphatic carbocycles. The van der Waals surface area contributed by atoms with Gasteiger partial charge in [0.25, 0.3) is 5.89 Å². The molecule has 0 radical (unpaired) electrons.